The Bertz CT molecular complexity index is 950. The second kappa shape index (κ2) is 7.99. The second-order valence-corrected chi connectivity index (χ2v) is 8.38. The van der Waals surface area contributed by atoms with E-state index >= 15 is 0 Å². The van der Waals surface area contributed by atoms with E-state index in [4.69, 9.17) is 9.84 Å². The summed E-state index contributed by atoms with van der Waals surface area (Å²) in [6.07, 6.45) is 7.46. The third-order valence-electron chi connectivity index (χ3n) is 6.09. The maximum atomic E-state index is 6.34. The number of aryl methyl sites for hydroxylation is 1. The summed E-state index contributed by atoms with van der Waals surface area (Å²) in [4.78, 5) is 6.99. The fraction of sp³-hybridized carbons (Fsp3) is 0.417. The smallest absolute Gasteiger partial charge is 0.221 e. The van der Waals surface area contributed by atoms with Crippen molar-refractivity contribution in [2.75, 3.05) is 13.7 Å². The van der Waals surface area contributed by atoms with Gasteiger partial charge in [0.15, 0.2) is 5.82 Å². The quantitative estimate of drug-likeness (QED) is 0.613. The van der Waals surface area contributed by atoms with Crippen LogP contribution in [-0.4, -0.2) is 39.4 Å². The minimum absolute atomic E-state index is 0.493. The zero-order valence-electron chi connectivity index (χ0n) is 17.0. The molecule has 29 heavy (non-hydrogen) atoms. The van der Waals surface area contributed by atoms with E-state index in [1.165, 1.54) is 29.7 Å². The summed E-state index contributed by atoms with van der Waals surface area (Å²) in [5.41, 5.74) is 3.80. The number of benzene rings is 1. The van der Waals surface area contributed by atoms with Crippen molar-refractivity contribution in [1.82, 2.24) is 19.7 Å². The number of pyridine rings is 1. The summed E-state index contributed by atoms with van der Waals surface area (Å²) < 4.78 is 8.27. The molecule has 1 saturated carbocycles. The van der Waals surface area contributed by atoms with E-state index in [0.717, 1.165) is 44.1 Å². The van der Waals surface area contributed by atoms with E-state index in [1.54, 1.807) is 0 Å². The molecule has 1 unspecified atom stereocenters. The highest BCUT2D eigenvalue weighted by atomic mass is 16.5. The molecule has 150 valence electrons. The molecule has 0 spiro atoms. The van der Waals surface area contributed by atoms with Crippen molar-refractivity contribution in [2.45, 2.75) is 44.7 Å². The van der Waals surface area contributed by atoms with E-state index in [-0.39, 0.29) is 0 Å². The lowest BCUT2D eigenvalue weighted by Crippen LogP contribution is -2.36. The summed E-state index contributed by atoms with van der Waals surface area (Å²) in [6.45, 7) is 1.75. The molecule has 0 amide bonds. The maximum absolute atomic E-state index is 6.34. The molecule has 0 bridgehead atoms. The van der Waals surface area contributed by atoms with E-state index in [9.17, 15) is 0 Å². The van der Waals surface area contributed by atoms with Gasteiger partial charge in [-0.05, 0) is 62.8 Å². The summed E-state index contributed by atoms with van der Waals surface area (Å²) in [5, 5.41) is 4.91. The molecule has 1 fully saturated rings. The van der Waals surface area contributed by atoms with Crippen molar-refractivity contribution >= 4 is 0 Å². The molecule has 1 aromatic carbocycles. The van der Waals surface area contributed by atoms with Crippen LogP contribution in [0.25, 0.3) is 5.82 Å². The van der Waals surface area contributed by atoms with Gasteiger partial charge in [-0.25, -0.2) is 4.98 Å². The van der Waals surface area contributed by atoms with Gasteiger partial charge in [0.1, 0.15) is 0 Å². The number of hydrogen-bond donors (Lipinski definition) is 0. The van der Waals surface area contributed by atoms with Gasteiger partial charge < -0.3 is 4.74 Å². The Morgan fingerprint density at radius 2 is 1.90 bits per heavy atom. The molecule has 0 saturated heterocycles. The fourth-order valence-corrected chi connectivity index (χ4v) is 4.17. The Labute approximate surface area is 172 Å². The highest BCUT2D eigenvalue weighted by Crippen LogP contribution is 2.35. The number of likely N-dealkylation sites (N-methyl/N-ethyl adjacent to an activating group) is 1. The van der Waals surface area contributed by atoms with Crippen LogP contribution in [-0.2, 0) is 19.4 Å². The van der Waals surface area contributed by atoms with Gasteiger partial charge in [-0.1, -0.05) is 36.4 Å². The number of ether oxygens (including phenoxy) is 1. The Morgan fingerprint density at radius 3 is 2.66 bits per heavy atom. The van der Waals surface area contributed by atoms with Crippen LogP contribution in [0.3, 0.4) is 0 Å². The predicted octanol–water partition coefficient (Wildman–Crippen LogP) is 4.05. The molecule has 2 aliphatic carbocycles. The van der Waals surface area contributed by atoms with Crippen molar-refractivity contribution in [3.05, 3.63) is 71.5 Å². The zero-order chi connectivity index (χ0) is 19.6. The van der Waals surface area contributed by atoms with Crippen molar-refractivity contribution in [3.8, 4) is 11.7 Å². The lowest BCUT2D eigenvalue weighted by atomic mass is 9.92. The standard InChI is InChI=1S/C24H28N4O/c1-27(16-18-7-3-2-4-8-18)20-12-13-22-21(15-20)24(29-17-19-10-11-19)28(26-22)23-9-5-6-14-25-23/h2-9,14,19-20H,10-13,15-17H2,1H3. The summed E-state index contributed by atoms with van der Waals surface area (Å²) >= 11 is 0. The van der Waals surface area contributed by atoms with Crippen molar-refractivity contribution in [3.63, 3.8) is 0 Å². The van der Waals surface area contributed by atoms with E-state index in [2.05, 4.69) is 47.3 Å². The number of nitrogens with zero attached hydrogens (tertiary/aromatic N) is 4. The third kappa shape index (κ3) is 4.06. The highest BCUT2D eigenvalue weighted by Gasteiger charge is 2.31. The minimum Gasteiger partial charge on any atom is -0.477 e. The van der Waals surface area contributed by atoms with Crippen molar-refractivity contribution < 1.29 is 4.74 Å². The molecular formula is C24H28N4O. The van der Waals surface area contributed by atoms with Crippen LogP contribution >= 0.6 is 0 Å². The predicted molar refractivity (Wildman–Crippen MR) is 113 cm³/mol. The number of rotatable bonds is 7. The molecule has 0 radical (unpaired) electrons. The van der Waals surface area contributed by atoms with Crippen LogP contribution in [0.4, 0.5) is 0 Å². The van der Waals surface area contributed by atoms with Crippen molar-refractivity contribution in [1.29, 1.82) is 0 Å². The Morgan fingerprint density at radius 1 is 1.07 bits per heavy atom. The average Bonchev–Trinajstić information content (AvgIpc) is 3.53. The SMILES string of the molecule is CN(Cc1ccccc1)C1CCc2nn(-c3ccccn3)c(OCC3CC3)c2C1. The monoisotopic (exact) mass is 388 g/mol. The van der Waals surface area contributed by atoms with Crippen LogP contribution in [0.1, 0.15) is 36.1 Å². The first-order valence-corrected chi connectivity index (χ1v) is 10.7. The molecular weight excluding hydrogens is 360 g/mol. The van der Waals surface area contributed by atoms with Gasteiger partial charge in [0, 0.05) is 24.3 Å². The van der Waals surface area contributed by atoms with Gasteiger partial charge >= 0.3 is 0 Å². The normalized spacial score (nSPS) is 18.6. The average molecular weight is 389 g/mol. The summed E-state index contributed by atoms with van der Waals surface area (Å²) in [7, 11) is 2.23. The van der Waals surface area contributed by atoms with Crippen LogP contribution in [0.15, 0.2) is 54.7 Å². The molecule has 2 heterocycles. The lowest BCUT2D eigenvalue weighted by molar-refractivity contribution is 0.210. The molecule has 5 heteroatoms. The molecule has 2 aliphatic rings. The van der Waals surface area contributed by atoms with Gasteiger partial charge in [-0.15, -0.1) is 0 Å². The molecule has 5 nitrogen and oxygen atoms in total. The Kier molecular flexibility index (Phi) is 5.06. The van der Waals surface area contributed by atoms with Crippen LogP contribution < -0.4 is 4.74 Å². The van der Waals surface area contributed by atoms with E-state index in [0.29, 0.717) is 12.0 Å². The molecule has 2 aromatic heterocycles. The van der Waals surface area contributed by atoms with Crippen LogP contribution in [0.5, 0.6) is 5.88 Å². The van der Waals surface area contributed by atoms with Gasteiger partial charge in [-0.2, -0.15) is 9.78 Å². The number of fused-ring (bicyclic) bond motifs is 1. The van der Waals surface area contributed by atoms with Gasteiger partial charge in [-0.3, -0.25) is 4.90 Å². The van der Waals surface area contributed by atoms with Gasteiger partial charge in [0.05, 0.1) is 12.3 Å². The molecule has 1 atom stereocenters. The largest absolute Gasteiger partial charge is 0.477 e. The minimum atomic E-state index is 0.493. The first kappa shape index (κ1) is 18.4. The van der Waals surface area contributed by atoms with E-state index in [1.807, 2.05) is 29.1 Å². The van der Waals surface area contributed by atoms with E-state index < -0.39 is 0 Å². The van der Waals surface area contributed by atoms with Crippen LogP contribution in [0.2, 0.25) is 0 Å². The highest BCUT2D eigenvalue weighted by molar-refractivity contribution is 5.40. The number of hydrogen-bond acceptors (Lipinski definition) is 4. The van der Waals surface area contributed by atoms with Crippen LogP contribution in [0, 0.1) is 5.92 Å². The zero-order valence-corrected chi connectivity index (χ0v) is 17.0. The molecule has 0 aliphatic heterocycles. The van der Waals surface area contributed by atoms with Crippen molar-refractivity contribution in [2.24, 2.45) is 5.92 Å². The lowest BCUT2D eigenvalue weighted by Gasteiger charge is -2.31. The summed E-state index contributed by atoms with van der Waals surface area (Å²) in [6, 6.07) is 17.1. The number of aromatic nitrogens is 3. The molecule has 5 rings (SSSR count). The maximum Gasteiger partial charge on any atom is 0.221 e. The van der Waals surface area contributed by atoms with Gasteiger partial charge in [0.2, 0.25) is 5.88 Å². The first-order valence-electron chi connectivity index (χ1n) is 10.7. The molecule has 0 N–H and O–H groups in total. The Balaban J connectivity index is 1.40. The topological polar surface area (TPSA) is 43.2 Å². The fourth-order valence-electron chi connectivity index (χ4n) is 4.17. The summed E-state index contributed by atoms with van der Waals surface area (Å²) in [5.74, 6) is 2.45. The Hall–Kier alpha value is -2.66. The third-order valence-corrected chi connectivity index (χ3v) is 6.09. The van der Waals surface area contributed by atoms with Gasteiger partial charge in [0.25, 0.3) is 0 Å². The second-order valence-electron chi connectivity index (χ2n) is 8.38. The first-order chi connectivity index (χ1) is 14.3. The molecule has 3 aromatic rings.